The predicted octanol–water partition coefficient (Wildman–Crippen LogP) is 3.57. The molecule has 8 nitrogen and oxygen atoms in total. The molecule has 3 aromatic rings. The Kier molecular flexibility index (Phi) is 7.67. The Morgan fingerprint density at radius 2 is 1.81 bits per heavy atom. The molecule has 0 fully saturated rings. The molecule has 168 valence electrons. The second-order valence-electron chi connectivity index (χ2n) is 7.34. The Labute approximate surface area is 187 Å². The number of sulfone groups is 1. The number of aryl methyl sites for hydroxylation is 4. The van der Waals surface area contributed by atoms with Crippen LogP contribution >= 0.6 is 12.4 Å². The third kappa shape index (κ3) is 4.99. The van der Waals surface area contributed by atoms with Crippen molar-refractivity contribution in [3.8, 4) is 0 Å². The van der Waals surface area contributed by atoms with E-state index in [2.05, 4.69) is 21.5 Å². The van der Waals surface area contributed by atoms with Crippen LogP contribution in [0.25, 0.3) is 11.0 Å². The van der Waals surface area contributed by atoms with Crippen LogP contribution in [-0.4, -0.2) is 39.8 Å². The number of carboxylic acid groups (broad SMARTS) is 1. The highest BCUT2D eigenvalue weighted by molar-refractivity contribution is 7.91. The molecule has 31 heavy (non-hydrogen) atoms. The second-order valence-corrected chi connectivity index (χ2v) is 9.45. The van der Waals surface area contributed by atoms with Crippen LogP contribution in [0.15, 0.2) is 29.2 Å². The predicted molar refractivity (Wildman–Crippen MR) is 123 cm³/mol. The lowest BCUT2D eigenvalue weighted by atomic mass is 10.2. The van der Waals surface area contributed by atoms with Crippen molar-refractivity contribution < 1.29 is 18.3 Å². The highest BCUT2D eigenvalue weighted by Crippen LogP contribution is 2.27. The smallest absolute Gasteiger partial charge is 0.335 e. The van der Waals surface area contributed by atoms with Crippen LogP contribution in [0.2, 0.25) is 0 Å². The van der Waals surface area contributed by atoms with Crippen LogP contribution in [0.3, 0.4) is 0 Å². The number of benzene rings is 1. The number of fused-ring (bicyclic) bond motifs is 1. The Hall–Kier alpha value is -2.65. The Bertz CT molecular complexity index is 1200. The maximum Gasteiger partial charge on any atom is 0.335 e. The van der Waals surface area contributed by atoms with Crippen molar-refractivity contribution in [2.24, 2.45) is 0 Å². The molecule has 2 aromatic heterocycles. The molecule has 0 amide bonds. The topological polar surface area (TPSA) is 128 Å². The molecule has 1 aromatic carbocycles. The largest absolute Gasteiger partial charge is 0.478 e. The first-order valence-corrected chi connectivity index (χ1v) is 11.5. The number of aromatic nitrogens is 3. The summed E-state index contributed by atoms with van der Waals surface area (Å²) >= 11 is 0. The van der Waals surface area contributed by atoms with Gasteiger partial charge in [-0.1, -0.05) is 6.92 Å². The number of imidazole rings is 1. The lowest BCUT2D eigenvalue weighted by Crippen LogP contribution is -2.12. The van der Waals surface area contributed by atoms with Crippen molar-refractivity contribution in [2.45, 2.75) is 51.5 Å². The molecule has 0 atom stereocenters. The van der Waals surface area contributed by atoms with Gasteiger partial charge < -0.3 is 15.4 Å². The van der Waals surface area contributed by atoms with Crippen molar-refractivity contribution in [1.29, 1.82) is 0 Å². The third-order valence-corrected chi connectivity index (χ3v) is 7.02. The van der Waals surface area contributed by atoms with Gasteiger partial charge in [-0.15, -0.1) is 12.4 Å². The summed E-state index contributed by atoms with van der Waals surface area (Å²) in [5.74, 6) is 0.116. The van der Waals surface area contributed by atoms with Gasteiger partial charge in [0.15, 0.2) is 15.7 Å². The van der Waals surface area contributed by atoms with Crippen molar-refractivity contribution in [3.63, 3.8) is 0 Å². The van der Waals surface area contributed by atoms with Crippen LogP contribution in [0.1, 0.15) is 47.2 Å². The minimum atomic E-state index is -3.52. The van der Waals surface area contributed by atoms with Gasteiger partial charge in [0.1, 0.15) is 11.3 Å². The number of carboxylic acids is 1. The number of anilines is 1. The minimum Gasteiger partial charge on any atom is -0.478 e. The van der Waals surface area contributed by atoms with Crippen LogP contribution in [0.5, 0.6) is 0 Å². The molecule has 0 unspecified atom stereocenters. The first-order valence-electron chi connectivity index (χ1n) is 9.83. The van der Waals surface area contributed by atoms with Crippen LogP contribution in [0, 0.1) is 13.8 Å². The van der Waals surface area contributed by atoms with Gasteiger partial charge in [-0.05, 0) is 56.5 Å². The fourth-order valence-corrected chi connectivity index (χ4v) is 4.83. The number of hydrogen-bond donors (Lipinski definition) is 2. The molecule has 0 bridgehead atoms. The van der Waals surface area contributed by atoms with E-state index in [0.717, 1.165) is 35.4 Å². The summed E-state index contributed by atoms with van der Waals surface area (Å²) in [7, 11) is -3.52. The van der Waals surface area contributed by atoms with Crippen molar-refractivity contribution in [1.82, 2.24) is 14.5 Å². The summed E-state index contributed by atoms with van der Waals surface area (Å²) in [5.41, 5.74) is 9.53. The van der Waals surface area contributed by atoms with E-state index >= 15 is 0 Å². The number of rotatable bonds is 8. The zero-order valence-corrected chi connectivity index (χ0v) is 19.4. The standard InChI is InChI=1S/C21H26N4O4S.ClH/c1-4-6-17-24-18-19(13(2)14(3)23-20(18)22)25(17)11-5-12-30(28,29)16-9-7-15(8-10-16)21(26)27;/h7-10H,4-6,11-12H2,1-3H3,(H2,22,23)(H,26,27);1H. The number of aromatic carboxylic acids is 1. The number of halogens is 1. The molecule has 3 N–H and O–H groups in total. The summed E-state index contributed by atoms with van der Waals surface area (Å²) in [6.45, 7) is 6.42. The normalized spacial score (nSPS) is 11.5. The van der Waals surface area contributed by atoms with Crippen LogP contribution in [0.4, 0.5) is 5.82 Å². The number of nitrogens with two attached hydrogens (primary N) is 1. The number of nitrogens with zero attached hydrogens (tertiary/aromatic N) is 3. The quantitative estimate of drug-likeness (QED) is 0.519. The number of hydrogen-bond acceptors (Lipinski definition) is 6. The molecule has 10 heteroatoms. The van der Waals surface area contributed by atoms with Gasteiger partial charge in [-0.25, -0.2) is 23.2 Å². The Morgan fingerprint density at radius 1 is 1.16 bits per heavy atom. The molecule has 0 spiro atoms. The van der Waals surface area contributed by atoms with Crippen molar-refractivity contribution >= 4 is 45.1 Å². The monoisotopic (exact) mass is 466 g/mol. The summed E-state index contributed by atoms with van der Waals surface area (Å²) in [5, 5.41) is 8.97. The van der Waals surface area contributed by atoms with E-state index in [-0.39, 0.29) is 28.6 Å². The van der Waals surface area contributed by atoms with E-state index in [1.807, 2.05) is 13.8 Å². The van der Waals surface area contributed by atoms with E-state index in [1.54, 1.807) is 0 Å². The van der Waals surface area contributed by atoms with Gasteiger partial charge in [0.2, 0.25) is 0 Å². The fourth-order valence-electron chi connectivity index (χ4n) is 3.54. The highest BCUT2D eigenvalue weighted by atomic mass is 35.5. The van der Waals surface area contributed by atoms with E-state index in [1.165, 1.54) is 24.3 Å². The molecule has 2 heterocycles. The van der Waals surface area contributed by atoms with E-state index in [0.29, 0.717) is 24.3 Å². The zero-order chi connectivity index (χ0) is 22.1. The number of pyridine rings is 1. The molecular formula is C21H27ClN4O4S. The summed E-state index contributed by atoms with van der Waals surface area (Å²) in [4.78, 5) is 20.1. The molecule has 0 saturated carbocycles. The average molecular weight is 467 g/mol. The third-order valence-electron chi connectivity index (χ3n) is 5.20. The Morgan fingerprint density at radius 3 is 2.39 bits per heavy atom. The summed E-state index contributed by atoms with van der Waals surface area (Å²) < 4.78 is 27.4. The van der Waals surface area contributed by atoms with Crippen molar-refractivity contribution in [3.05, 3.63) is 46.9 Å². The number of nitrogen functional groups attached to an aromatic ring is 1. The lowest BCUT2D eigenvalue weighted by molar-refractivity contribution is 0.0696. The van der Waals surface area contributed by atoms with Crippen molar-refractivity contribution in [2.75, 3.05) is 11.5 Å². The summed E-state index contributed by atoms with van der Waals surface area (Å²) in [6, 6.07) is 5.29. The Balaban J connectivity index is 0.00000341. The molecule has 0 saturated heterocycles. The van der Waals surface area contributed by atoms with E-state index in [4.69, 9.17) is 10.8 Å². The van der Waals surface area contributed by atoms with Gasteiger partial charge in [0, 0.05) is 18.7 Å². The maximum atomic E-state index is 12.7. The van der Waals surface area contributed by atoms with Gasteiger partial charge >= 0.3 is 5.97 Å². The van der Waals surface area contributed by atoms with E-state index in [9.17, 15) is 13.2 Å². The minimum absolute atomic E-state index is 0. The molecule has 0 aliphatic carbocycles. The SMILES string of the molecule is CCCc1nc2c(N)nc(C)c(C)c2n1CCCS(=O)(=O)c1ccc(C(=O)O)cc1.Cl. The lowest BCUT2D eigenvalue weighted by Gasteiger charge is -2.12. The van der Waals surface area contributed by atoms with Gasteiger partial charge in [0.05, 0.1) is 21.7 Å². The molecule has 3 rings (SSSR count). The zero-order valence-electron chi connectivity index (χ0n) is 17.8. The highest BCUT2D eigenvalue weighted by Gasteiger charge is 2.19. The molecular weight excluding hydrogens is 440 g/mol. The second kappa shape index (κ2) is 9.65. The van der Waals surface area contributed by atoms with Crippen LogP contribution in [-0.2, 0) is 22.8 Å². The summed E-state index contributed by atoms with van der Waals surface area (Å²) in [6.07, 6.45) is 2.06. The maximum absolute atomic E-state index is 12.7. The molecule has 0 aliphatic rings. The first-order chi connectivity index (χ1) is 14.2. The van der Waals surface area contributed by atoms with Gasteiger partial charge in [-0.2, -0.15) is 0 Å². The first kappa shape index (κ1) is 24.6. The average Bonchev–Trinajstić information content (AvgIpc) is 3.05. The molecule has 0 radical (unpaired) electrons. The van der Waals surface area contributed by atoms with Gasteiger partial charge in [-0.3, -0.25) is 0 Å². The van der Waals surface area contributed by atoms with E-state index < -0.39 is 15.8 Å². The van der Waals surface area contributed by atoms with Crippen LogP contribution < -0.4 is 5.73 Å². The molecule has 0 aliphatic heterocycles. The van der Waals surface area contributed by atoms with Gasteiger partial charge in [0.25, 0.3) is 0 Å². The fraction of sp³-hybridized carbons (Fsp3) is 0.381. The number of carbonyl (C=O) groups is 1.